The molecule has 0 aromatic heterocycles. The standard InChI is InChI=1S/C16H30O2/c1-12-8-13(2)10-15(9-12)18-11-16(17)14-6-4-3-5-7-14/h12-17H,3-11H2,1-2H3. The van der Waals surface area contributed by atoms with Gasteiger partial charge in [-0.3, -0.25) is 0 Å². The molecule has 2 aliphatic rings. The zero-order chi connectivity index (χ0) is 13.0. The van der Waals surface area contributed by atoms with Crippen molar-refractivity contribution in [2.75, 3.05) is 6.61 Å². The fraction of sp³-hybridized carbons (Fsp3) is 1.00. The van der Waals surface area contributed by atoms with Gasteiger partial charge in [0.05, 0.1) is 18.8 Å². The minimum Gasteiger partial charge on any atom is -0.390 e. The van der Waals surface area contributed by atoms with Gasteiger partial charge in [-0.15, -0.1) is 0 Å². The van der Waals surface area contributed by atoms with Gasteiger partial charge in [-0.05, 0) is 49.9 Å². The van der Waals surface area contributed by atoms with Crippen LogP contribution in [0.1, 0.15) is 65.2 Å². The average Bonchev–Trinajstić information content (AvgIpc) is 2.36. The first-order chi connectivity index (χ1) is 8.65. The Morgan fingerprint density at radius 1 is 1.00 bits per heavy atom. The van der Waals surface area contributed by atoms with E-state index in [1.165, 1.54) is 51.4 Å². The molecule has 0 aliphatic heterocycles. The maximum atomic E-state index is 10.2. The average molecular weight is 254 g/mol. The highest BCUT2D eigenvalue weighted by Gasteiger charge is 2.27. The third kappa shape index (κ3) is 4.24. The van der Waals surface area contributed by atoms with Crippen molar-refractivity contribution in [2.45, 2.75) is 77.4 Å². The quantitative estimate of drug-likeness (QED) is 0.827. The molecular formula is C16H30O2. The van der Waals surface area contributed by atoms with Crippen molar-refractivity contribution in [1.29, 1.82) is 0 Å². The molecule has 0 aromatic rings. The van der Waals surface area contributed by atoms with E-state index in [1.807, 2.05) is 0 Å². The monoisotopic (exact) mass is 254 g/mol. The van der Waals surface area contributed by atoms with Crippen LogP contribution in [-0.2, 0) is 4.74 Å². The number of hydrogen-bond donors (Lipinski definition) is 1. The van der Waals surface area contributed by atoms with E-state index in [-0.39, 0.29) is 6.10 Å². The molecule has 2 fully saturated rings. The molecule has 0 radical (unpaired) electrons. The molecule has 1 N–H and O–H groups in total. The van der Waals surface area contributed by atoms with Gasteiger partial charge in [0, 0.05) is 0 Å². The minimum atomic E-state index is -0.224. The first kappa shape index (κ1) is 14.3. The number of hydrogen-bond acceptors (Lipinski definition) is 2. The molecular weight excluding hydrogens is 224 g/mol. The summed E-state index contributed by atoms with van der Waals surface area (Å²) in [6, 6.07) is 0. The lowest BCUT2D eigenvalue weighted by molar-refractivity contribution is -0.0602. The Labute approximate surface area is 112 Å². The van der Waals surface area contributed by atoms with Crippen LogP contribution in [0.25, 0.3) is 0 Å². The molecule has 0 saturated heterocycles. The van der Waals surface area contributed by atoms with Gasteiger partial charge in [-0.1, -0.05) is 33.1 Å². The van der Waals surface area contributed by atoms with Gasteiger partial charge in [0.15, 0.2) is 0 Å². The zero-order valence-electron chi connectivity index (χ0n) is 12.1. The number of aliphatic hydroxyl groups is 1. The van der Waals surface area contributed by atoms with Gasteiger partial charge in [-0.2, -0.15) is 0 Å². The molecule has 2 nitrogen and oxygen atoms in total. The summed E-state index contributed by atoms with van der Waals surface area (Å²) in [4.78, 5) is 0. The Hall–Kier alpha value is -0.0800. The largest absolute Gasteiger partial charge is 0.390 e. The molecule has 3 atom stereocenters. The van der Waals surface area contributed by atoms with Crippen LogP contribution >= 0.6 is 0 Å². The molecule has 0 amide bonds. The van der Waals surface area contributed by atoms with E-state index in [4.69, 9.17) is 4.74 Å². The summed E-state index contributed by atoms with van der Waals surface area (Å²) >= 11 is 0. The van der Waals surface area contributed by atoms with Gasteiger partial charge in [-0.25, -0.2) is 0 Å². The number of aliphatic hydroxyl groups excluding tert-OH is 1. The third-order valence-corrected chi connectivity index (χ3v) is 4.83. The molecule has 106 valence electrons. The van der Waals surface area contributed by atoms with Crippen molar-refractivity contribution in [3.63, 3.8) is 0 Å². The van der Waals surface area contributed by atoms with Crippen LogP contribution in [-0.4, -0.2) is 23.9 Å². The lowest BCUT2D eigenvalue weighted by Gasteiger charge is -2.33. The van der Waals surface area contributed by atoms with Crippen LogP contribution < -0.4 is 0 Å². The van der Waals surface area contributed by atoms with Crippen LogP contribution in [0.2, 0.25) is 0 Å². The molecule has 0 spiro atoms. The van der Waals surface area contributed by atoms with Crippen molar-refractivity contribution in [3.05, 3.63) is 0 Å². The molecule has 3 unspecified atom stereocenters. The Bertz CT molecular complexity index is 225. The number of ether oxygens (including phenoxy) is 1. The first-order valence-corrected chi connectivity index (χ1v) is 7.94. The molecule has 2 saturated carbocycles. The SMILES string of the molecule is CC1CC(C)CC(OCC(O)C2CCCCC2)C1. The molecule has 2 heteroatoms. The normalized spacial score (nSPS) is 36.5. The molecule has 0 heterocycles. The van der Waals surface area contributed by atoms with Gasteiger partial charge in [0.2, 0.25) is 0 Å². The second kappa shape index (κ2) is 6.91. The van der Waals surface area contributed by atoms with E-state index < -0.39 is 0 Å². The van der Waals surface area contributed by atoms with E-state index in [0.717, 1.165) is 11.8 Å². The predicted octanol–water partition coefficient (Wildman–Crippen LogP) is 3.77. The molecule has 18 heavy (non-hydrogen) atoms. The molecule has 2 rings (SSSR count). The van der Waals surface area contributed by atoms with Crippen LogP contribution in [0, 0.1) is 17.8 Å². The van der Waals surface area contributed by atoms with Crippen molar-refractivity contribution in [1.82, 2.24) is 0 Å². The lowest BCUT2D eigenvalue weighted by Crippen LogP contribution is -2.33. The van der Waals surface area contributed by atoms with Gasteiger partial charge < -0.3 is 9.84 Å². The van der Waals surface area contributed by atoms with Crippen molar-refractivity contribution < 1.29 is 9.84 Å². The van der Waals surface area contributed by atoms with Crippen LogP contribution in [0.3, 0.4) is 0 Å². The summed E-state index contributed by atoms with van der Waals surface area (Å²) in [5, 5.41) is 10.2. The highest BCUT2D eigenvalue weighted by molar-refractivity contribution is 4.77. The Balaban J connectivity index is 1.69. The van der Waals surface area contributed by atoms with Crippen LogP contribution in [0.15, 0.2) is 0 Å². The van der Waals surface area contributed by atoms with Crippen LogP contribution in [0.4, 0.5) is 0 Å². The zero-order valence-corrected chi connectivity index (χ0v) is 12.1. The molecule has 2 aliphatic carbocycles. The summed E-state index contributed by atoms with van der Waals surface area (Å²) in [5.74, 6) is 2.06. The van der Waals surface area contributed by atoms with E-state index in [9.17, 15) is 5.11 Å². The smallest absolute Gasteiger partial charge is 0.0801 e. The second-order valence-corrected chi connectivity index (χ2v) is 6.84. The Morgan fingerprint density at radius 3 is 2.22 bits per heavy atom. The van der Waals surface area contributed by atoms with Gasteiger partial charge >= 0.3 is 0 Å². The Morgan fingerprint density at radius 2 is 1.61 bits per heavy atom. The van der Waals surface area contributed by atoms with Crippen molar-refractivity contribution >= 4 is 0 Å². The Kier molecular flexibility index (Phi) is 5.50. The fourth-order valence-corrected chi connectivity index (χ4v) is 3.90. The van der Waals surface area contributed by atoms with E-state index in [0.29, 0.717) is 18.6 Å². The van der Waals surface area contributed by atoms with E-state index in [2.05, 4.69) is 13.8 Å². The lowest BCUT2D eigenvalue weighted by atomic mass is 9.81. The minimum absolute atomic E-state index is 0.224. The van der Waals surface area contributed by atoms with Crippen molar-refractivity contribution in [2.24, 2.45) is 17.8 Å². The summed E-state index contributed by atoms with van der Waals surface area (Å²) in [6.07, 6.45) is 10.2. The summed E-state index contributed by atoms with van der Waals surface area (Å²) in [6.45, 7) is 5.21. The first-order valence-electron chi connectivity index (χ1n) is 7.94. The fourth-order valence-electron chi connectivity index (χ4n) is 3.90. The third-order valence-electron chi connectivity index (χ3n) is 4.83. The van der Waals surface area contributed by atoms with Gasteiger partial charge in [0.25, 0.3) is 0 Å². The predicted molar refractivity (Wildman–Crippen MR) is 74.5 cm³/mol. The second-order valence-electron chi connectivity index (χ2n) is 6.84. The number of rotatable bonds is 4. The maximum Gasteiger partial charge on any atom is 0.0801 e. The highest BCUT2D eigenvalue weighted by Crippen LogP contribution is 2.31. The van der Waals surface area contributed by atoms with E-state index in [1.54, 1.807) is 0 Å². The molecule has 0 aromatic carbocycles. The highest BCUT2D eigenvalue weighted by atomic mass is 16.5. The van der Waals surface area contributed by atoms with Crippen LogP contribution in [0.5, 0.6) is 0 Å². The van der Waals surface area contributed by atoms with Crippen molar-refractivity contribution in [3.8, 4) is 0 Å². The maximum absolute atomic E-state index is 10.2. The topological polar surface area (TPSA) is 29.5 Å². The molecule has 0 bridgehead atoms. The van der Waals surface area contributed by atoms with Gasteiger partial charge in [0.1, 0.15) is 0 Å². The van der Waals surface area contributed by atoms with E-state index >= 15 is 0 Å². The summed E-state index contributed by atoms with van der Waals surface area (Å²) in [5.41, 5.74) is 0. The summed E-state index contributed by atoms with van der Waals surface area (Å²) in [7, 11) is 0. The summed E-state index contributed by atoms with van der Waals surface area (Å²) < 4.78 is 5.99.